The summed E-state index contributed by atoms with van der Waals surface area (Å²) in [7, 11) is 2.74. The van der Waals surface area contributed by atoms with Crippen molar-refractivity contribution in [2.75, 3.05) is 19.6 Å². The van der Waals surface area contributed by atoms with Crippen LogP contribution in [0.15, 0.2) is 46.0 Å². The lowest BCUT2D eigenvalue weighted by atomic mass is 10.0. The average molecular weight is 650 g/mol. The lowest BCUT2D eigenvalue weighted by molar-refractivity contribution is -0.129. The molecule has 2 aromatic heterocycles. The third-order valence-corrected chi connectivity index (χ3v) is 8.07. The number of hydrogen-bond donors (Lipinski definition) is 3. The molecule has 15 nitrogen and oxygen atoms in total. The van der Waals surface area contributed by atoms with Crippen LogP contribution in [0.25, 0.3) is 0 Å². The van der Waals surface area contributed by atoms with Crippen molar-refractivity contribution in [1.29, 1.82) is 0 Å². The van der Waals surface area contributed by atoms with Gasteiger partial charge < -0.3 is 20.9 Å². The maximum Gasteiger partial charge on any atom is 0.331 e. The molecule has 4 rings (SSSR count). The number of aromatic nitrogens is 5. The van der Waals surface area contributed by atoms with Gasteiger partial charge >= 0.3 is 5.69 Å². The van der Waals surface area contributed by atoms with E-state index >= 15 is 0 Å². The SMILES string of the molecule is Cc1nc2n(n1)CC(=O)NCCCN(C(=O)c1cc(=O)n(C)c(=O)n1C)CCCC(=O)N[C@H](Cc1ccccc1)C(=O)N[C@H]2C(C)C. The molecule has 0 spiro atoms. The van der Waals surface area contributed by atoms with Gasteiger partial charge in [-0.15, -0.1) is 0 Å². The van der Waals surface area contributed by atoms with E-state index in [4.69, 9.17) is 0 Å². The molecule has 4 amide bonds. The van der Waals surface area contributed by atoms with E-state index in [-0.39, 0.29) is 68.9 Å². The van der Waals surface area contributed by atoms with Gasteiger partial charge in [0.15, 0.2) is 5.82 Å². The molecule has 1 aliphatic heterocycles. The number of carbonyl (C=O) groups excluding carboxylic acids is 4. The highest BCUT2D eigenvalue weighted by Gasteiger charge is 2.30. The van der Waals surface area contributed by atoms with Gasteiger partial charge in [-0.05, 0) is 31.2 Å². The molecule has 0 saturated heterocycles. The zero-order chi connectivity index (χ0) is 34.2. The first-order valence-corrected chi connectivity index (χ1v) is 15.7. The van der Waals surface area contributed by atoms with Crippen LogP contribution >= 0.6 is 0 Å². The topological polar surface area (TPSA) is 182 Å². The van der Waals surface area contributed by atoms with Crippen LogP contribution in [0.4, 0.5) is 0 Å². The molecule has 0 unspecified atom stereocenters. The first-order valence-electron chi connectivity index (χ1n) is 15.7. The van der Waals surface area contributed by atoms with Gasteiger partial charge in [-0.25, -0.2) is 14.5 Å². The lowest BCUT2D eigenvalue weighted by Crippen LogP contribution is -2.50. The standard InChI is InChI=1S/C32H43N9O6/c1-20(2)28-29-34-21(3)37-41(29)19-26(43)33-14-10-16-40(31(46)24-18-27(44)39(5)32(47)38(24)4)15-9-13-25(42)35-23(30(45)36-28)17-22-11-7-6-8-12-22/h6-8,11-12,18,20,23,28H,9-10,13-17,19H2,1-5H3,(H,33,43)(H,35,42)(H,36,45)/t23-,28+/m1/s1. The van der Waals surface area contributed by atoms with E-state index in [0.29, 0.717) is 18.1 Å². The number of benzene rings is 1. The molecule has 0 saturated carbocycles. The molecular formula is C32H43N9O6. The Balaban J connectivity index is 1.64. The van der Waals surface area contributed by atoms with Gasteiger partial charge in [0.05, 0.1) is 6.04 Å². The molecule has 1 aromatic carbocycles. The number of hydrogen-bond acceptors (Lipinski definition) is 8. The van der Waals surface area contributed by atoms with Gasteiger partial charge in [0.2, 0.25) is 17.7 Å². The number of amides is 4. The van der Waals surface area contributed by atoms with Crippen LogP contribution in [-0.4, -0.2) is 78.1 Å². The van der Waals surface area contributed by atoms with Crippen LogP contribution in [0.1, 0.15) is 66.9 Å². The van der Waals surface area contributed by atoms with E-state index < -0.39 is 35.1 Å². The first kappa shape index (κ1) is 34.8. The summed E-state index contributed by atoms with van der Waals surface area (Å²) in [5.74, 6) is -0.921. The summed E-state index contributed by atoms with van der Waals surface area (Å²) in [5.41, 5.74) is -0.487. The molecule has 15 heteroatoms. The molecule has 3 aromatic rings. The van der Waals surface area contributed by atoms with E-state index in [1.165, 1.54) is 23.7 Å². The van der Waals surface area contributed by atoms with Gasteiger partial charge in [0.25, 0.3) is 11.5 Å². The van der Waals surface area contributed by atoms with Gasteiger partial charge in [0.1, 0.15) is 24.1 Å². The Morgan fingerprint density at radius 3 is 2.36 bits per heavy atom. The van der Waals surface area contributed by atoms with E-state index in [9.17, 15) is 28.8 Å². The molecule has 3 N–H and O–H groups in total. The molecular weight excluding hydrogens is 606 g/mol. The van der Waals surface area contributed by atoms with Crippen molar-refractivity contribution in [3.05, 3.63) is 80.1 Å². The summed E-state index contributed by atoms with van der Waals surface area (Å²) >= 11 is 0. The highest BCUT2D eigenvalue weighted by Crippen LogP contribution is 2.21. The third kappa shape index (κ3) is 8.80. The zero-order valence-corrected chi connectivity index (χ0v) is 27.5. The van der Waals surface area contributed by atoms with Gasteiger partial charge in [0, 0.05) is 52.6 Å². The monoisotopic (exact) mass is 649 g/mol. The second-order valence-corrected chi connectivity index (χ2v) is 12.1. The van der Waals surface area contributed by atoms with Crippen LogP contribution in [0.5, 0.6) is 0 Å². The number of rotatable bonds is 4. The van der Waals surface area contributed by atoms with Crippen LogP contribution < -0.4 is 27.2 Å². The fraction of sp³-hybridized carbons (Fsp3) is 0.500. The van der Waals surface area contributed by atoms with Crippen LogP contribution in [-0.2, 0) is 41.4 Å². The molecule has 3 heterocycles. The summed E-state index contributed by atoms with van der Waals surface area (Å²) in [6, 6.07) is 8.92. The Labute approximate surface area is 272 Å². The summed E-state index contributed by atoms with van der Waals surface area (Å²) in [5, 5.41) is 13.2. The predicted molar refractivity (Wildman–Crippen MR) is 172 cm³/mol. The molecule has 1 aliphatic rings. The normalized spacial score (nSPS) is 18.9. The minimum absolute atomic E-state index is 0.00962. The van der Waals surface area contributed by atoms with E-state index in [1.54, 1.807) is 6.92 Å². The van der Waals surface area contributed by atoms with Gasteiger partial charge in [-0.2, -0.15) is 5.10 Å². The summed E-state index contributed by atoms with van der Waals surface area (Å²) in [6.45, 7) is 5.96. The Morgan fingerprint density at radius 1 is 0.957 bits per heavy atom. The minimum Gasteiger partial charge on any atom is -0.354 e. The van der Waals surface area contributed by atoms with Crippen LogP contribution in [0.3, 0.4) is 0 Å². The smallest absolute Gasteiger partial charge is 0.331 e. The Morgan fingerprint density at radius 2 is 1.66 bits per heavy atom. The molecule has 0 aliphatic carbocycles. The number of fused-ring (bicyclic) bond motifs is 1. The second kappa shape index (κ2) is 15.5. The Bertz CT molecular complexity index is 1730. The fourth-order valence-electron chi connectivity index (χ4n) is 5.46. The highest BCUT2D eigenvalue weighted by atomic mass is 16.2. The number of nitrogens with one attached hydrogen (secondary N) is 3. The highest BCUT2D eigenvalue weighted by molar-refractivity contribution is 5.92. The third-order valence-electron chi connectivity index (χ3n) is 8.07. The van der Waals surface area contributed by atoms with Crippen LogP contribution in [0, 0.1) is 12.8 Å². The van der Waals surface area contributed by atoms with E-state index in [2.05, 4.69) is 26.0 Å². The lowest BCUT2D eigenvalue weighted by Gasteiger charge is -2.26. The number of aryl methyl sites for hydroxylation is 1. The quantitative estimate of drug-likeness (QED) is 0.352. The second-order valence-electron chi connectivity index (χ2n) is 12.1. The molecule has 0 fully saturated rings. The molecule has 0 radical (unpaired) electrons. The Hall–Kier alpha value is -5.08. The van der Waals surface area contributed by atoms with E-state index in [0.717, 1.165) is 20.8 Å². The molecule has 0 bridgehead atoms. The number of carbonyl (C=O) groups is 4. The maximum atomic E-state index is 13.8. The van der Waals surface area contributed by atoms with E-state index in [1.807, 2.05) is 44.2 Å². The van der Waals surface area contributed by atoms with Crippen molar-refractivity contribution in [2.45, 2.75) is 65.1 Å². The Kier molecular flexibility index (Phi) is 11.5. The first-order chi connectivity index (χ1) is 22.3. The van der Waals surface area contributed by atoms with Crippen molar-refractivity contribution in [3.8, 4) is 0 Å². The van der Waals surface area contributed by atoms with Gasteiger partial charge in [-0.3, -0.25) is 33.1 Å². The number of nitrogens with zero attached hydrogens (tertiary/aromatic N) is 6. The maximum absolute atomic E-state index is 13.8. The summed E-state index contributed by atoms with van der Waals surface area (Å²) in [4.78, 5) is 84.4. The van der Waals surface area contributed by atoms with Gasteiger partial charge in [-0.1, -0.05) is 44.2 Å². The van der Waals surface area contributed by atoms with Crippen molar-refractivity contribution < 1.29 is 19.2 Å². The van der Waals surface area contributed by atoms with Crippen molar-refractivity contribution in [2.24, 2.45) is 20.0 Å². The molecule has 2 atom stereocenters. The van der Waals surface area contributed by atoms with Crippen molar-refractivity contribution in [1.82, 2.24) is 44.7 Å². The van der Waals surface area contributed by atoms with Crippen LogP contribution in [0.2, 0.25) is 0 Å². The summed E-state index contributed by atoms with van der Waals surface area (Å²) < 4.78 is 3.48. The molecule has 47 heavy (non-hydrogen) atoms. The fourth-order valence-corrected chi connectivity index (χ4v) is 5.46. The van der Waals surface area contributed by atoms with Crippen molar-refractivity contribution >= 4 is 23.6 Å². The largest absolute Gasteiger partial charge is 0.354 e. The summed E-state index contributed by atoms with van der Waals surface area (Å²) in [6.07, 6.45) is 0.865. The van der Waals surface area contributed by atoms with Crippen molar-refractivity contribution in [3.63, 3.8) is 0 Å². The zero-order valence-electron chi connectivity index (χ0n) is 27.5. The molecule has 252 valence electrons. The predicted octanol–water partition coefficient (Wildman–Crippen LogP) is -0.0328. The minimum atomic E-state index is -0.918. The average Bonchev–Trinajstić information content (AvgIpc) is 3.39.